The van der Waals surface area contributed by atoms with Gasteiger partial charge in [-0.2, -0.15) is 0 Å². The van der Waals surface area contributed by atoms with Gasteiger partial charge in [0.2, 0.25) is 0 Å². The lowest BCUT2D eigenvalue weighted by atomic mass is 9.79. The molecule has 1 unspecified atom stereocenters. The van der Waals surface area contributed by atoms with E-state index in [4.69, 9.17) is 4.74 Å². The zero-order valence-corrected chi connectivity index (χ0v) is 16.4. The van der Waals surface area contributed by atoms with Crippen molar-refractivity contribution in [2.45, 2.75) is 53.0 Å². The number of para-hydroxylation sites is 1. The molecule has 136 valence electrons. The largest absolute Gasteiger partial charge is 0.496 e. The second kappa shape index (κ2) is 9.05. The number of rotatable bonds is 9. The van der Waals surface area contributed by atoms with Gasteiger partial charge in [-0.1, -0.05) is 63.2 Å². The molecule has 2 nitrogen and oxygen atoms in total. The fourth-order valence-electron chi connectivity index (χ4n) is 3.45. The van der Waals surface area contributed by atoms with E-state index in [1.165, 1.54) is 30.4 Å². The van der Waals surface area contributed by atoms with E-state index >= 15 is 0 Å². The molecule has 25 heavy (non-hydrogen) atoms. The van der Waals surface area contributed by atoms with Gasteiger partial charge in [0, 0.05) is 18.2 Å². The molecular weight excluding hydrogens is 306 g/mol. The molecule has 0 aromatic heterocycles. The minimum Gasteiger partial charge on any atom is -0.496 e. The molecule has 2 heteroatoms. The highest BCUT2D eigenvalue weighted by Crippen LogP contribution is 2.32. The Morgan fingerprint density at radius 1 is 0.920 bits per heavy atom. The molecule has 0 aliphatic heterocycles. The number of hydrogen-bond acceptors (Lipinski definition) is 2. The third kappa shape index (κ3) is 4.64. The molecule has 0 radical (unpaired) electrons. The van der Waals surface area contributed by atoms with Gasteiger partial charge < -0.3 is 10.1 Å². The fraction of sp³-hybridized carbons (Fsp3) is 0.478. The van der Waals surface area contributed by atoms with Gasteiger partial charge in [0.1, 0.15) is 5.75 Å². The molecule has 1 N–H and O–H groups in total. The van der Waals surface area contributed by atoms with E-state index in [0.29, 0.717) is 11.5 Å². The van der Waals surface area contributed by atoms with Crippen LogP contribution < -0.4 is 10.1 Å². The lowest BCUT2D eigenvalue weighted by molar-refractivity contribution is 0.230. The summed E-state index contributed by atoms with van der Waals surface area (Å²) in [5, 5.41) is 3.75. The predicted octanol–water partition coefficient (Wildman–Crippen LogP) is 6.23. The number of hydrogen-bond donors (Lipinski definition) is 1. The van der Waals surface area contributed by atoms with Crippen LogP contribution in [0.2, 0.25) is 0 Å². The summed E-state index contributed by atoms with van der Waals surface area (Å²) in [6.07, 6.45) is 3.69. The maximum Gasteiger partial charge on any atom is 0.126 e. The predicted molar refractivity (Wildman–Crippen MR) is 108 cm³/mol. The van der Waals surface area contributed by atoms with Gasteiger partial charge in [-0.3, -0.25) is 0 Å². The molecule has 0 heterocycles. The Bertz CT molecular complexity index is 635. The molecule has 2 aromatic rings. The topological polar surface area (TPSA) is 21.3 Å². The van der Waals surface area contributed by atoms with E-state index in [-0.39, 0.29) is 0 Å². The standard InChI is InChI=1S/C23H33NO/c1-6-23(7-2,8-3)17-24-18(4)19-13-15-20(16-14-19)21-11-9-10-12-22(21)25-5/h9-16,18,24H,6-8,17H2,1-5H3. The molecule has 2 rings (SSSR count). The lowest BCUT2D eigenvalue weighted by Crippen LogP contribution is -2.34. The monoisotopic (exact) mass is 339 g/mol. The van der Waals surface area contributed by atoms with Crippen LogP contribution in [0.4, 0.5) is 0 Å². The van der Waals surface area contributed by atoms with Crippen LogP contribution in [0.1, 0.15) is 58.6 Å². The molecular formula is C23H33NO. The number of nitrogens with one attached hydrogen (secondary N) is 1. The van der Waals surface area contributed by atoms with Crippen LogP contribution in [-0.2, 0) is 0 Å². The first-order chi connectivity index (χ1) is 12.1. The van der Waals surface area contributed by atoms with Crippen LogP contribution in [-0.4, -0.2) is 13.7 Å². The van der Waals surface area contributed by atoms with Gasteiger partial charge in [-0.05, 0) is 48.8 Å². The van der Waals surface area contributed by atoms with E-state index in [9.17, 15) is 0 Å². The van der Waals surface area contributed by atoms with E-state index < -0.39 is 0 Å². The third-order valence-corrected chi connectivity index (χ3v) is 5.86. The third-order valence-electron chi connectivity index (χ3n) is 5.86. The van der Waals surface area contributed by atoms with E-state index in [1.54, 1.807) is 7.11 Å². The molecule has 2 aromatic carbocycles. The molecule has 0 spiro atoms. The minimum atomic E-state index is 0.357. The first-order valence-electron chi connectivity index (χ1n) is 9.55. The Balaban J connectivity index is 2.09. The summed E-state index contributed by atoms with van der Waals surface area (Å²) in [6, 6.07) is 17.4. The van der Waals surface area contributed by atoms with Gasteiger partial charge in [0.25, 0.3) is 0 Å². The zero-order chi connectivity index (χ0) is 18.3. The fourth-order valence-corrected chi connectivity index (χ4v) is 3.45. The zero-order valence-electron chi connectivity index (χ0n) is 16.4. The molecule has 0 saturated heterocycles. The Kier molecular flexibility index (Phi) is 7.07. The average molecular weight is 340 g/mol. The van der Waals surface area contributed by atoms with Crippen LogP contribution in [0.5, 0.6) is 5.75 Å². The average Bonchev–Trinajstić information content (AvgIpc) is 2.69. The van der Waals surface area contributed by atoms with Crippen LogP contribution in [0.15, 0.2) is 48.5 Å². The minimum absolute atomic E-state index is 0.357. The van der Waals surface area contributed by atoms with Crippen molar-refractivity contribution in [3.05, 3.63) is 54.1 Å². The maximum absolute atomic E-state index is 5.48. The Labute approximate surface area is 153 Å². The van der Waals surface area contributed by atoms with Gasteiger partial charge in [0.15, 0.2) is 0 Å². The summed E-state index contributed by atoms with van der Waals surface area (Å²) in [7, 11) is 1.72. The molecule has 1 atom stereocenters. The Morgan fingerprint density at radius 2 is 1.52 bits per heavy atom. The smallest absolute Gasteiger partial charge is 0.126 e. The maximum atomic E-state index is 5.48. The highest BCUT2D eigenvalue weighted by molar-refractivity contribution is 5.70. The van der Waals surface area contributed by atoms with Crippen LogP contribution in [0.25, 0.3) is 11.1 Å². The van der Waals surface area contributed by atoms with Crippen molar-refractivity contribution in [1.29, 1.82) is 0 Å². The van der Waals surface area contributed by atoms with E-state index in [0.717, 1.165) is 17.9 Å². The molecule has 0 aliphatic carbocycles. The normalized spacial score (nSPS) is 12.8. The first kappa shape index (κ1) is 19.5. The van der Waals surface area contributed by atoms with Crippen molar-refractivity contribution >= 4 is 0 Å². The van der Waals surface area contributed by atoms with Crippen molar-refractivity contribution in [3.63, 3.8) is 0 Å². The van der Waals surface area contributed by atoms with Crippen molar-refractivity contribution in [3.8, 4) is 16.9 Å². The number of benzene rings is 2. The molecule has 0 saturated carbocycles. The van der Waals surface area contributed by atoms with Crippen molar-refractivity contribution in [2.24, 2.45) is 5.41 Å². The Morgan fingerprint density at radius 3 is 2.08 bits per heavy atom. The lowest BCUT2D eigenvalue weighted by Gasteiger charge is -2.32. The molecule has 0 amide bonds. The van der Waals surface area contributed by atoms with Crippen molar-refractivity contribution in [1.82, 2.24) is 5.32 Å². The van der Waals surface area contributed by atoms with Gasteiger partial charge in [-0.15, -0.1) is 0 Å². The highest BCUT2D eigenvalue weighted by Gasteiger charge is 2.24. The summed E-state index contributed by atoms with van der Waals surface area (Å²) in [5.41, 5.74) is 4.08. The van der Waals surface area contributed by atoms with Gasteiger partial charge >= 0.3 is 0 Å². The second-order valence-corrected chi connectivity index (χ2v) is 6.99. The Hall–Kier alpha value is -1.80. The van der Waals surface area contributed by atoms with Gasteiger partial charge in [0.05, 0.1) is 7.11 Å². The van der Waals surface area contributed by atoms with Crippen LogP contribution in [0, 0.1) is 5.41 Å². The summed E-state index contributed by atoms with van der Waals surface area (Å²) in [4.78, 5) is 0. The van der Waals surface area contributed by atoms with Gasteiger partial charge in [-0.25, -0.2) is 0 Å². The second-order valence-electron chi connectivity index (χ2n) is 6.99. The van der Waals surface area contributed by atoms with Crippen LogP contribution >= 0.6 is 0 Å². The summed E-state index contributed by atoms with van der Waals surface area (Å²) in [5.74, 6) is 0.917. The van der Waals surface area contributed by atoms with Crippen LogP contribution in [0.3, 0.4) is 0 Å². The van der Waals surface area contributed by atoms with Crippen molar-refractivity contribution in [2.75, 3.05) is 13.7 Å². The summed E-state index contributed by atoms with van der Waals surface area (Å²) < 4.78 is 5.48. The number of methoxy groups -OCH3 is 1. The molecule has 0 fully saturated rings. The van der Waals surface area contributed by atoms with Crippen molar-refractivity contribution < 1.29 is 4.74 Å². The van der Waals surface area contributed by atoms with E-state index in [2.05, 4.69) is 69.4 Å². The summed E-state index contributed by atoms with van der Waals surface area (Å²) in [6.45, 7) is 10.2. The highest BCUT2D eigenvalue weighted by atomic mass is 16.5. The quantitative estimate of drug-likeness (QED) is 0.585. The molecule has 0 bridgehead atoms. The number of ether oxygens (including phenoxy) is 1. The SMILES string of the molecule is CCC(CC)(CC)CNC(C)c1ccc(-c2ccccc2OC)cc1. The molecule has 0 aliphatic rings. The van der Waals surface area contributed by atoms with E-state index in [1.807, 2.05) is 12.1 Å². The summed E-state index contributed by atoms with van der Waals surface area (Å²) >= 11 is 0. The first-order valence-corrected chi connectivity index (χ1v) is 9.55.